The number of carbonyl (C=O) groups is 1. The molecule has 0 saturated heterocycles. The Balaban J connectivity index is 3.93. The van der Waals surface area contributed by atoms with Crippen LogP contribution in [0.4, 0.5) is 4.79 Å². The molecule has 0 radical (unpaired) electrons. The van der Waals surface area contributed by atoms with Gasteiger partial charge in [-0.25, -0.2) is 16.5 Å². The maximum Gasteiger partial charge on any atom is 0.348 e. The van der Waals surface area contributed by atoms with E-state index in [2.05, 4.69) is 0 Å². The second-order valence-corrected chi connectivity index (χ2v) is 2.49. The molecular weight excluding hydrogens is 184 g/mol. The molecule has 0 unspecified atom stereocenters. The van der Waals surface area contributed by atoms with Gasteiger partial charge in [-0.1, -0.05) is 0 Å². The predicted octanol–water partition coefficient (Wildman–Crippen LogP) is -0.715. The Labute approximate surface area is 82.0 Å². The number of nitrogens with zero attached hydrogens (tertiary/aromatic N) is 4. The second kappa shape index (κ2) is 6.66. The zero-order valence-corrected chi connectivity index (χ0v) is 7.68. The Hall–Kier alpha value is -1.83. The van der Waals surface area contributed by atoms with Crippen molar-refractivity contribution in [1.82, 2.24) is 10.0 Å². The lowest BCUT2D eigenvalue weighted by Gasteiger charge is -2.22. The molecule has 76 valence electrons. The third kappa shape index (κ3) is 4.26. The molecule has 0 aliphatic rings. The van der Waals surface area contributed by atoms with Gasteiger partial charge in [-0.2, -0.15) is 10.5 Å². The molecule has 0 fully saturated rings. The van der Waals surface area contributed by atoms with Crippen LogP contribution in [0.3, 0.4) is 0 Å². The van der Waals surface area contributed by atoms with Gasteiger partial charge in [0.05, 0.1) is 38.1 Å². The number of amides is 2. The van der Waals surface area contributed by atoms with Crippen molar-refractivity contribution < 1.29 is 4.79 Å². The van der Waals surface area contributed by atoms with E-state index in [1.165, 1.54) is 0 Å². The van der Waals surface area contributed by atoms with E-state index in [0.29, 0.717) is 0 Å². The Morgan fingerprint density at radius 2 is 1.43 bits per heavy atom. The molecule has 7 nitrogen and oxygen atoms in total. The summed E-state index contributed by atoms with van der Waals surface area (Å²) >= 11 is 0. The monoisotopic (exact) mass is 196 g/mol. The van der Waals surface area contributed by atoms with Crippen LogP contribution in [0, 0.1) is 22.7 Å². The maximum atomic E-state index is 11.2. The third-order valence-corrected chi connectivity index (χ3v) is 1.42. The molecule has 0 aliphatic carbocycles. The quantitative estimate of drug-likeness (QED) is 0.349. The number of urea groups is 1. The number of hydrogen-bond acceptors (Lipinski definition) is 5. The zero-order chi connectivity index (χ0) is 11.0. The summed E-state index contributed by atoms with van der Waals surface area (Å²) in [6.07, 6.45) is 0.294. The molecule has 0 heterocycles. The van der Waals surface area contributed by atoms with Gasteiger partial charge in [-0.15, -0.1) is 0 Å². The summed E-state index contributed by atoms with van der Waals surface area (Å²) in [6, 6.07) is 3.10. The van der Waals surface area contributed by atoms with Crippen LogP contribution < -0.4 is 11.7 Å². The van der Waals surface area contributed by atoms with Gasteiger partial charge < -0.3 is 0 Å². The Morgan fingerprint density at radius 1 is 1.07 bits per heavy atom. The van der Waals surface area contributed by atoms with Gasteiger partial charge in [0, 0.05) is 0 Å². The fourth-order valence-corrected chi connectivity index (χ4v) is 0.697. The minimum atomic E-state index is -0.601. The number of nitrogens with two attached hydrogens (primary N) is 2. The first-order valence-electron chi connectivity index (χ1n) is 3.95. The number of hydrazine groups is 2. The highest BCUT2D eigenvalue weighted by Crippen LogP contribution is 1.91. The smallest absolute Gasteiger partial charge is 0.260 e. The Bertz CT molecular complexity index is 238. The minimum Gasteiger partial charge on any atom is -0.260 e. The Morgan fingerprint density at radius 3 is 1.71 bits per heavy atom. The predicted molar refractivity (Wildman–Crippen MR) is 47.6 cm³/mol. The summed E-state index contributed by atoms with van der Waals surface area (Å²) in [4.78, 5) is 11.2. The van der Waals surface area contributed by atoms with Gasteiger partial charge in [0.15, 0.2) is 0 Å². The van der Waals surface area contributed by atoms with Gasteiger partial charge in [0.25, 0.3) is 0 Å². The molecule has 7 heteroatoms. The Kier molecular flexibility index (Phi) is 5.79. The van der Waals surface area contributed by atoms with Gasteiger partial charge >= 0.3 is 6.03 Å². The van der Waals surface area contributed by atoms with Crippen molar-refractivity contribution in [2.45, 2.75) is 12.8 Å². The number of carbonyl (C=O) groups excluding carboxylic acids is 1. The normalized spacial score (nSPS) is 8.57. The van der Waals surface area contributed by atoms with E-state index >= 15 is 0 Å². The lowest BCUT2D eigenvalue weighted by atomic mass is 10.4. The molecule has 0 aromatic rings. The SMILES string of the molecule is N#CCCN(N)C(=O)N(N)CCC#N. The number of hydrogen-bond donors (Lipinski definition) is 2. The van der Waals surface area contributed by atoms with Crippen molar-refractivity contribution in [3.05, 3.63) is 0 Å². The highest BCUT2D eigenvalue weighted by molar-refractivity contribution is 5.73. The van der Waals surface area contributed by atoms with Crippen LogP contribution in [-0.4, -0.2) is 29.1 Å². The van der Waals surface area contributed by atoms with Crippen molar-refractivity contribution >= 4 is 6.03 Å². The van der Waals surface area contributed by atoms with Crippen LogP contribution >= 0.6 is 0 Å². The third-order valence-electron chi connectivity index (χ3n) is 1.42. The van der Waals surface area contributed by atoms with Crippen molar-refractivity contribution in [3.8, 4) is 12.1 Å². The maximum absolute atomic E-state index is 11.2. The summed E-state index contributed by atoms with van der Waals surface area (Å²) in [5, 5.41) is 18.2. The van der Waals surface area contributed by atoms with Crippen molar-refractivity contribution in [2.75, 3.05) is 13.1 Å². The van der Waals surface area contributed by atoms with E-state index in [1.54, 1.807) is 0 Å². The van der Waals surface area contributed by atoms with Gasteiger partial charge in [-0.3, -0.25) is 10.0 Å². The average molecular weight is 196 g/mol. The van der Waals surface area contributed by atoms with Crippen LogP contribution in [0.15, 0.2) is 0 Å². The van der Waals surface area contributed by atoms with E-state index in [-0.39, 0.29) is 25.9 Å². The van der Waals surface area contributed by atoms with Crippen LogP contribution in [0.25, 0.3) is 0 Å². The number of rotatable bonds is 4. The molecule has 0 atom stereocenters. The zero-order valence-electron chi connectivity index (χ0n) is 7.68. The average Bonchev–Trinajstić information content (AvgIpc) is 2.21. The first-order valence-corrected chi connectivity index (χ1v) is 3.95. The highest BCUT2D eigenvalue weighted by Gasteiger charge is 2.14. The summed E-state index contributed by atoms with van der Waals surface area (Å²) in [7, 11) is 0. The summed E-state index contributed by atoms with van der Waals surface area (Å²) in [6.45, 7) is 0.241. The van der Waals surface area contributed by atoms with Gasteiger partial charge in [-0.05, 0) is 0 Å². The van der Waals surface area contributed by atoms with E-state index in [4.69, 9.17) is 22.2 Å². The minimum absolute atomic E-state index is 0.121. The molecule has 0 spiro atoms. The standard InChI is InChI=1S/C7H12N6O/c8-3-1-5-12(10)7(14)13(11)6-2-4-9/h1-2,5-6,10-11H2. The fraction of sp³-hybridized carbons (Fsp3) is 0.571. The molecular formula is C7H12N6O. The molecule has 0 aromatic carbocycles. The van der Waals surface area contributed by atoms with E-state index in [9.17, 15) is 4.79 Å². The molecule has 0 aliphatic heterocycles. The van der Waals surface area contributed by atoms with Crippen molar-refractivity contribution in [3.63, 3.8) is 0 Å². The lowest BCUT2D eigenvalue weighted by Crippen LogP contribution is -2.50. The molecule has 2 amide bonds. The molecule has 0 saturated carbocycles. The second-order valence-electron chi connectivity index (χ2n) is 2.49. The first kappa shape index (κ1) is 12.2. The largest absolute Gasteiger partial charge is 0.348 e. The van der Waals surface area contributed by atoms with Crippen molar-refractivity contribution in [1.29, 1.82) is 10.5 Å². The summed E-state index contributed by atoms with van der Waals surface area (Å²) in [5.74, 6) is 10.6. The summed E-state index contributed by atoms with van der Waals surface area (Å²) < 4.78 is 0. The lowest BCUT2D eigenvalue weighted by molar-refractivity contribution is 0.156. The van der Waals surface area contributed by atoms with Gasteiger partial charge in [0.1, 0.15) is 0 Å². The van der Waals surface area contributed by atoms with E-state index in [1.807, 2.05) is 12.1 Å². The molecule has 4 N–H and O–H groups in total. The topological polar surface area (TPSA) is 123 Å². The van der Waals surface area contributed by atoms with Crippen molar-refractivity contribution in [2.24, 2.45) is 11.7 Å². The molecule has 0 aromatic heterocycles. The van der Waals surface area contributed by atoms with Crippen LogP contribution in [0.5, 0.6) is 0 Å². The van der Waals surface area contributed by atoms with Crippen LogP contribution in [0.2, 0.25) is 0 Å². The highest BCUT2D eigenvalue weighted by atomic mass is 16.2. The molecule has 0 rings (SSSR count). The van der Waals surface area contributed by atoms with Gasteiger partial charge in [0.2, 0.25) is 0 Å². The van der Waals surface area contributed by atoms with E-state index < -0.39 is 6.03 Å². The molecule has 0 bridgehead atoms. The summed E-state index contributed by atoms with van der Waals surface area (Å²) in [5.41, 5.74) is 0. The molecule has 14 heavy (non-hydrogen) atoms. The fourth-order valence-electron chi connectivity index (χ4n) is 0.697. The first-order chi connectivity index (χ1) is 6.63. The van der Waals surface area contributed by atoms with Crippen LogP contribution in [-0.2, 0) is 0 Å². The van der Waals surface area contributed by atoms with Crippen LogP contribution in [0.1, 0.15) is 12.8 Å². The van der Waals surface area contributed by atoms with E-state index in [0.717, 1.165) is 10.0 Å². The number of nitriles is 2.